The first kappa shape index (κ1) is 17.7. The standard InChI is InChI=1S/C19H19ClN2O3S/c1-19(2)7-5-12-16(18(19)23)15(17-13(21-12)6-8-26-17)10-3-4-11(20)14(9-10)22(24)25/h3-4,9,15,17H,5-8H2,1-2H3. The number of ketones is 1. The number of Topliss-reactive ketones (excluding diaryl/α,β-unsaturated/α-hetero) is 1. The number of thioether (sulfide) groups is 1. The van der Waals surface area contributed by atoms with Crippen molar-refractivity contribution < 1.29 is 9.72 Å². The molecule has 1 saturated heterocycles. The highest BCUT2D eigenvalue weighted by Crippen LogP contribution is 2.51. The van der Waals surface area contributed by atoms with Crippen LogP contribution in [0.2, 0.25) is 5.02 Å². The molecule has 0 saturated carbocycles. The van der Waals surface area contributed by atoms with Gasteiger partial charge in [0.1, 0.15) is 5.02 Å². The van der Waals surface area contributed by atoms with Crippen molar-refractivity contribution in [3.05, 3.63) is 50.2 Å². The Morgan fingerprint density at radius 3 is 2.85 bits per heavy atom. The Balaban J connectivity index is 1.89. The van der Waals surface area contributed by atoms with Gasteiger partial charge in [-0.1, -0.05) is 31.5 Å². The molecular formula is C19H19ClN2O3S. The maximum Gasteiger partial charge on any atom is 0.288 e. The number of benzene rings is 1. The number of hydrogen-bond acceptors (Lipinski definition) is 5. The zero-order chi connectivity index (χ0) is 18.6. The summed E-state index contributed by atoms with van der Waals surface area (Å²) in [6, 6.07) is 4.92. The lowest BCUT2D eigenvalue weighted by molar-refractivity contribution is -0.384. The first-order chi connectivity index (χ1) is 12.3. The van der Waals surface area contributed by atoms with Gasteiger partial charge in [-0.15, -0.1) is 0 Å². The van der Waals surface area contributed by atoms with Gasteiger partial charge in [0.05, 0.1) is 10.2 Å². The van der Waals surface area contributed by atoms with Crippen molar-refractivity contribution in [2.45, 2.75) is 44.3 Å². The van der Waals surface area contributed by atoms with E-state index >= 15 is 0 Å². The number of carbonyl (C=O) groups is 1. The molecule has 4 rings (SSSR count). The number of fused-ring (bicyclic) bond motifs is 1. The molecule has 2 atom stereocenters. The van der Waals surface area contributed by atoms with E-state index in [1.165, 1.54) is 6.07 Å². The molecule has 7 heteroatoms. The SMILES string of the molecule is CC1(C)CCC2=C(C1=O)C(c1ccc(Cl)c([N+](=O)[O-])c1)C1SCCC1=N2. The van der Waals surface area contributed by atoms with Crippen molar-refractivity contribution in [3.8, 4) is 0 Å². The van der Waals surface area contributed by atoms with E-state index in [0.29, 0.717) is 0 Å². The Morgan fingerprint density at radius 1 is 1.35 bits per heavy atom. The molecule has 0 N–H and O–H groups in total. The van der Waals surface area contributed by atoms with Crippen LogP contribution in [0.25, 0.3) is 0 Å². The Hall–Kier alpha value is -1.66. The molecule has 0 aromatic heterocycles. The Labute approximate surface area is 161 Å². The molecule has 1 fully saturated rings. The van der Waals surface area contributed by atoms with Crippen molar-refractivity contribution in [1.82, 2.24) is 0 Å². The number of halogens is 1. The summed E-state index contributed by atoms with van der Waals surface area (Å²) in [5.41, 5.74) is 2.99. The summed E-state index contributed by atoms with van der Waals surface area (Å²) in [5, 5.41) is 11.5. The highest BCUT2D eigenvalue weighted by Gasteiger charge is 2.47. The van der Waals surface area contributed by atoms with E-state index < -0.39 is 10.3 Å². The zero-order valence-electron chi connectivity index (χ0n) is 14.6. The fourth-order valence-electron chi connectivity index (χ4n) is 4.08. The predicted octanol–water partition coefficient (Wildman–Crippen LogP) is 4.94. The van der Waals surface area contributed by atoms with Gasteiger partial charge in [0, 0.05) is 34.4 Å². The molecule has 26 heavy (non-hydrogen) atoms. The van der Waals surface area contributed by atoms with Crippen LogP contribution in [0, 0.1) is 15.5 Å². The number of allylic oxidation sites excluding steroid dienone is 2. The van der Waals surface area contributed by atoms with Gasteiger partial charge in [-0.3, -0.25) is 19.9 Å². The van der Waals surface area contributed by atoms with Gasteiger partial charge in [0.15, 0.2) is 5.78 Å². The number of rotatable bonds is 2. The van der Waals surface area contributed by atoms with E-state index in [1.54, 1.807) is 17.8 Å². The van der Waals surface area contributed by atoms with Gasteiger partial charge in [0.2, 0.25) is 0 Å². The molecule has 136 valence electrons. The summed E-state index contributed by atoms with van der Waals surface area (Å²) in [7, 11) is 0. The highest BCUT2D eigenvalue weighted by atomic mass is 35.5. The van der Waals surface area contributed by atoms with Crippen LogP contribution in [-0.2, 0) is 4.79 Å². The summed E-state index contributed by atoms with van der Waals surface area (Å²) in [6.45, 7) is 3.95. The third kappa shape index (κ3) is 2.70. The number of nitro benzene ring substituents is 1. The lowest BCUT2D eigenvalue weighted by Crippen LogP contribution is -2.38. The van der Waals surface area contributed by atoms with Crippen molar-refractivity contribution >= 4 is 40.5 Å². The topological polar surface area (TPSA) is 72.6 Å². The maximum absolute atomic E-state index is 13.2. The van der Waals surface area contributed by atoms with Crippen LogP contribution in [0.15, 0.2) is 34.5 Å². The number of carbonyl (C=O) groups excluding carboxylic acids is 1. The van der Waals surface area contributed by atoms with E-state index in [0.717, 1.165) is 47.6 Å². The van der Waals surface area contributed by atoms with E-state index in [2.05, 4.69) is 0 Å². The molecule has 1 aromatic rings. The van der Waals surface area contributed by atoms with Gasteiger partial charge in [-0.05, 0) is 36.6 Å². The second-order valence-corrected chi connectivity index (χ2v) is 9.32. The van der Waals surface area contributed by atoms with Gasteiger partial charge in [0.25, 0.3) is 5.69 Å². The van der Waals surface area contributed by atoms with E-state index in [-0.39, 0.29) is 27.7 Å². The van der Waals surface area contributed by atoms with Crippen LogP contribution in [-0.4, -0.2) is 27.4 Å². The molecule has 0 bridgehead atoms. The number of nitrogens with zero attached hydrogens (tertiary/aromatic N) is 2. The molecule has 0 spiro atoms. The van der Waals surface area contributed by atoms with Crippen LogP contribution < -0.4 is 0 Å². The third-order valence-electron chi connectivity index (χ3n) is 5.56. The van der Waals surface area contributed by atoms with Gasteiger partial charge in [-0.2, -0.15) is 11.8 Å². The number of aliphatic imine (C=N–C) groups is 1. The normalized spacial score (nSPS) is 27.0. The van der Waals surface area contributed by atoms with Crippen LogP contribution in [0.1, 0.15) is 44.6 Å². The highest BCUT2D eigenvalue weighted by molar-refractivity contribution is 8.01. The fourth-order valence-corrected chi connectivity index (χ4v) is 5.69. The molecule has 2 aliphatic heterocycles. The van der Waals surface area contributed by atoms with E-state index in [4.69, 9.17) is 16.6 Å². The fraction of sp³-hybridized carbons (Fsp3) is 0.474. The molecule has 0 amide bonds. The quantitative estimate of drug-likeness (QED) is 0.529. The van der Waals surface area contributed by atoms with Crippen LogP contribution in [0.5, 0.6) is 0 Å². The average Bonchev–Trinajstić information content (AvgIpc) is 3.05. The minimum atomic E-state index is -0.465. The summed E-state index contributed by atoms with van der Waals surface area (Å²) in [4.78, 5) is 29.0. The minimum Gasteiger partial charge on any atom is -0.294 e. The Kier molecular flexibility index (Phi) is 4.23. The largest absolute Gasteiger partial charge is 0.294 e. The smallest absolute Gasteiger partial charge is 0.288 e. The first-order valence-corrected chi connectivity index (χ1v) is 10.1. The monoisotopic (exact) mass is 390 g/mol. The van der Waals surface area contributed by atoms with E-state index in [9.17, 15) is 14.9 Å². The van der Waals surface area contributed by atoms with Crippen molar-refractivity contribution in [1.29, 1.82) is 0 Å². The van der Waals surface area contributed by atoms with E-state index in [1.807, 2.05) is 19.9 Å². The minimum absolute atomic E-state index is 0.0763. The van der Waals surface area contributed by atoms with Crippen LogP contribution in [0.4, 0.5) is 5.69 Å². The van der Waals surface area contributed by atoms with Crippen molar-refractivity contribution in [2.24, 2.45) is 10.4 Å². The Bertz CT molecular complexity index is 891. The summed E-state index contributed by atoms with van der Waals surface area (Å²) < 4.78 is 0. The second-order valence-electron chi connectivity index (χ2n) is 7.66. The predicted molar refractivity (Wildman–Crippen MR) is 104 cm³/mol. The van der Waals surface area contributed by atoms with Crippen LogP contribution in [0.3, 0.4) is 0 Å². The lowest BCUT2D eigenvalue weighted by Gasteiger charge is -2.38. The number of hydrogen-bond donors (Lipinski definition) is 0. The van der Waals surface area contributed by atoms with Crippen molar-refractivity contribution in [2.75, 3.05) is 5.75 Å². The van der Waals surface area contributed by atoms with Crippen molar-refractivity contribution in [3.63, 3.8) is 0 Å². The molecular weight excluding hydrogens is 372 g/mol. The first-order valence-electron chi connectivity index (χ1n) is 8.70. The van der Waals surface area contributed by atoms with Gasteiger partial charge < -0.3 is 0 Å². The third-order valence-corrected chi connectivity index (χ3v) is 7.22. The molecule has 1 aromatic carbocycles. The maximum atomic E-state index is 13.2. The summed E-state index contributed by atoms with van der Waals surface area (Å²) >= 11 is 7.79. The molecule has 1 aliphatic carbocycles. The average molecular weight is 391 g/mol. The molecule has 3 aliphatic rings. The second kappa shape index (κ2) is 6.20. The van der Waals surface area contributed by atoms with Gasteiger partial charge in [-0.25, -0.2) is 0 Å². The number of nitro groups is 1. The lowest BCUT2D eigenvalue weighted by atomic mass is 9.68. The summed E-state index contributed by atoms with van der Waals surface area (Å²) in [6.07, 6.45) is 2.48. The Morgan fingerprint density at radius 2 is 2.12 bits per heavy atom. The molecule has 2 unspecified atom stereocenters. The molecule has 0 radical (unpaired) electrons. The summed E-state index contributed by atoms with van der Waals surface area (Å²) in [5.74, 6) is 0.901. The zero-order valence-corrected chi connectivity index (χ0v) is 16.2. The van der Waals surface area contributed by atoms with Gasteiger partial charge >= 0.3 is 0 Å². The molecule has 2 heterocycles. The van der Waals surface area contributed by atoms with Crippen LogP contribution >= 0.6 is 23.4 Å². The molecule has 5 nitrogen and oxygen atoms in total.